The molecule has 1 saturated heterocycles. The maximum Gasteiger partial charge on any atom is 0.294 e. The number of hydrogen-bond acceptors (Lipinski definition) is 5. The van der Waals surface area contributed by atoms with Gasteiger partial charge in [-0.2, -0.15) is 5.10 Å². The van der Waals surface area contributed by atoms with E-state index >= 15 is 0 Å². The van der Waals surface area contributed by atoms with Crippen LogP contribution in [0.3, 0.4) is 0 Å². The van der Waals surface area contributed by atoms with Crippen molar-refractivity contribution in [2.75, 3.05) is 18.4 Å². The number of aromatic nitrogens is 4. The number of nitrogens with one attached hydrogen (secondary N) is 1. The van der Waals surface area contributed by atoms with E-state index in [2.05, 4.69) is 50.7 Å². The average Bonchev–Trinajstić information content (AvgIpc) is 3.53. The molecular formula is C25H22N6O2. The third kappa shape index (κ3) is 3.63. The van der Waals surface area contributed by atoms with Crippen molar-refractivity contribution in [3.63, 3.8) is 0 Å². The molecule has 33 heavy (non-hydrogen) atoms. The Balaban J connectivity index is 1.14. The Kier molecular flexibility index (Phi) is 4.64. The molecule has 2 aromatic heterocycles. The molecule has 8 heteroatoms. The quantitative estimate of drug-likeness (QED) is 0.635. The van der Waals surface area contributed by atoms with Crippen molar-refractivity contribution in [2.24, 2.45) is 11.8 Å². The lowest BCUT2D eigenvalue weighted by Gasteiger charge is -2.15. The molecule has 4 heterocycles. The van der Waals surface area contributed by atoms with Gasteiger partial charge in [0, 0.05) is 30.9 Å². The molecule has 6 rings (SSSR count). The fourth-order valence-corrected chi connectivity index (χ4v) is 4.96. The standard InChI is InChI=1S/C25H22N6O2/c32-22(30-12-19-9-18(10-20(19)13-30)17-4-2-1-3-5-17)7-6-16-8-21-14-31-24(27-15-28-31)25(33)29-23(21)26-11-16/h1-9,11,15,19-20H,10,12-14H2,(H,26,29,33)/b7-6+. The molecule has 0 bridgehead atoms. The van der Waals surface area contributed by atoms with Gasteiger partial charge in [-0.3, -0.25) is 9.59 Å². The fourth-order valence-electron chi connectivity index (χ4n) is 4.96. The number of allylic oxidation sites excluding steroid dienone is 1. The van der Waals surface area contributed by atoms with Gasteiger partial charge < -0.3 is 10.2 Å². The summed E-state index contributed by atoms with van der Waals surface area (Å²) in [4.78, 5) is 35.3. The third-order valence-corrected chi connectivity index (χ3v) is 6.62. The lowest BCUT2D eigenvalue weighted by molar-refractivity contribution is -0.125. The summed E-state index contributed by atoms with van der Waals surface area (Å²) in [5, 5.41) is 6.87. The molecule has 2 aliphatic heterocycles. The number of anilines is 1. The van der Waals surface area contributed by atoms with Crippen molar-refractivity contribution in [2.45, 2.75) is 13.0 Å². The monoisotopic (exact) mass is 438 g/mol. The Morgan fingerprint density at radius 2 is 2.03 bits per heavy atom. The summed E-state index contributed by atoms with van der Waals surface area (Å²) in [6.45, 7) is 1.93. The van der Waals surface area contributed by atoms with E-state index in [1.807, 2.05) is 17.0 Å². The van der Waals surface area contributed by atoms with Gasteiger partial charge in [-0.25, -0.2) is 14.6 Å². The van der Waals surface area contributed by atoms with Crippen molar-refractivity contribution >= 4 is 29.3 Å². The van der Waals surface area contributed by atoms with Crippen LogP contribution in [0.2, 0.25) is 0 Å². The highest BCUT2D eigenvalue weighted by atomic mass is 16.2. The Hall–Kier alpha value is -4.07. The van der Waals surface area contributed by atoms with Crippen LogP contribution in [0.4, 0.5) is 5.82 Å². The summed E-state index contributed by atoms with van der Waals surface area (Å²) in [5.41, 5.74) is 4.29. The van der Waals surface area contributed by atoms with Crippen LogP contribution in [0.1, 0.15) is 33.7 Å². The summed E-state index contributed by atoms with van der Waals surface area (Å²) in [7, 11) is 0. The van der Waals surface area contributed by atoms with E-state index in [0.717, 1.165) is 30.6 Å². The zero-order chi connectivity index (χ0) is 22.4. The van der Waals surface area contributed by atoms with Crippen LogP contribution in [0.5, 0.6) is 0 Å². The molecule has 8 nitrogen and oxygen atoms in total. The second-order valence-electron chi connectivity index (χ2n) is 8.73. The van der Waals surface area contributed by atoms with Gasteiger partial charge in [-0.05, 0) is 47.1 Å². The number of nitrogens with zero attached hydrogens (tertiary/aromatic N) is 5. The van der Waals surface area contributed by atoms with Gasteiger partial charge >= 0.3 is 0 Å². The lowest BCUT2D eigenvalue weighted by atomic mass is 9.98. The third-order valence-electron chi connectivity index (χ3n) is 6.62. The van der Waals surface area contributed by atoms with Crippen LogP contribution in [0, 0.1) is 11.8 Å². The molecule has 1 fully saturated rings. The molecule has 1 aromatic carbocycles. The van der Waals surface area contributed by atoms with Crippen LogP contribution in [0.15, 0.2) is 61.1 Å². The van der Waals surface area contributed by atoms with E-state index in [1.54, 1.807) is 23.0 Å². The molecule has 0 saturated carbocycles. The van der Waals surface area contributed by atoms with E-state index in [-0.39, 0.29) is 17.6 Å². The second kappa shape index (κ2) is 7.81. The minimum Gasteiger partial charge on any atom is -0.338 e. The van der Waals surface area contributed by atoms with Crippen LogP contribution in [-0.2, 0) is 11.3 Å². The number of carbonyl (C=O) groups excluding carboxylic acids is 2. The minimum absolute atomic E-state index is 0.0147. The Labute approximate surface area is 190 Å². The first kappa shape index (κ1) is 19.6. The molecule has 3 aromatic rings. The Morgan fingerprint density at radius 1 is 1.15 bits per heavy atom. The number of carbonyl (C=O) groups is 2. The van der Waals surface area contributed by atoms with Crippen molar-refractivity contribution in [3.05, 3.63) is 83.6 Å². The highest BCUT2D eigenvalue weighted by molar-refractivity contribution is 6.02. The topological polar surface area (TPSA) is 93.0 Å². The molecule has 3 aliphatic rings. The number of rotatable bonds is 3. The maximum atomic E-state index is 12.8. The first-order valence-corrected chi connectivity index (χ1v) is 11.1. The Morgan fingerprint density at radius 3 is 2.88 bits per heavy atom. The van der Waals surface area contributed by atoms with Crippen molar-refractivity contribution < 1.29 is 9.59 Å². The molecule has 2 unspecified atom stereocenters. The number of fused-ring (bicyclic) bond motifs is 3. The van der Waals surface area contributed by atoms with Crippen LogP contribution < -0.4 is 5.32 Å². The lowest BCUT2D eigenvalue weighted by Crippen LogP contribution is -2.27. The van der Waals surface area contributed by atoms with Crippen LogP contribution in [-0.4, -0.2) is 49.6 Å². The minimum atomic E-state index is -0.332. The van der Waals surface area contributed by atoms with Crippen molar-refractivity contribution in [1.82, 2.24) is 24.6 Å². The molecule has 0 spiro atoms. The first-order chi connectivity index (χ1) is 16.1. The normalized spacial score (nSPS) is 21.3. The fraction of sp³-hybridized carbons (Fsp3) is 0.240. The van der Waals surface area contributed by atoms with Gasteiger partial charge in [-0.1, -0.05) is 36.4 Å². The van der Waals surface area contributed by atoms with Crippen LogP contribution in [0.25, 0.3) is 11.6 Å². The van der Waals surface area contributed by atoms with Crippen molar-refractivity contribution in [1.29, 1.82) is 0 Å². The highest BCUT2D eigenvalue weighted by Crippen LogP contribution is 2.40. The summed E-state index contributed by atoms with van der Waals surface area (Å²) >= 11 is 0. The number of benzene rings is 1. The molecule has 0 radical (unpaired) electrons. The number of amides is 2. The zero-order valence-electron chi connectivity index (χ0n) is 17.9. The predicted molar refractivity (Wildman–Crippen MR) is 123 cm³/mol. The molecule has 2 atom stereocenters. The van der Waals surface area contributed by atoms with Gasteiger partial charge in [0.2, 0.25) is 11.7 Å². The van der Waals surface area contributed by atoms with E-state index in [1.165, 1.54) is 17.5 Å². The number of hydrogen-bond donors (Lipinski definition) is 1. The number of likely N-dealkylation sites (tertiary alicyclic amines) is 1. The van der Waals surface area contributed by atoms with E-state index < -0.39 is 0 Å². The predicted octanol–water partition coefficient (Wildman–Crippen LogP) is 2.86. The van der Waals surface area contributed by atoms with Gasteiger partial charge in [-0.15, -0.1) is 0 Å². The molecule has 164 valence electrons. The largest absolute Gasteiger partial charge is 0.338 e. The molecule has 1 N–H and O–H groups in total. The maximum absolute atomic E-state index is 12.8. The molecule has 1 aliphatic carbocycles. The van der Waals surface area contributed by atoms with Gasteiger partial charge in [0.15, 0.2) is 0 Å². The van der Waals surface area contributed by atoms with Gasteiger partial charge in [0.05, 0.1) is 6.54 Å². The average molecular weight is 438 g/mol. The highest BCUT2D eigenvalue weighted by Gasteiger charge is 2.37. The summed E-state index contributed by atoms with van der Waals surface area (Å²) in [5.74, 6) is 1.34. The zero-order valence-corrected chi connectivity index (χ0v) is 17.9. The second-order valence-corrected chi connectivity index (χ2v) is 8.73. The summed E-state index contributed by atoms with van der Waals surface area (Å²) in [6.07, 6.45) is 9.77. The van der Waals surface area contributed by atoms with E-state index in [4.69, 9.17) is 0 Å². The number of pyridine rings is 1. The molecular weight excluding hydrogens is 416 g/mol. The Bertz CT molecular complexity index is 1310. The van der Waals surface area contributed by atoms with Crippen molar-refractivity contribution in [3.8, 4) is 0 Å². The summed E-state index contributed by atoms with van der Waals surface area (Å²) in [6, 6.07) is 12.4. The SMILES string of the molecule is O=C1Nc2ncc(/C=C/C(=O)N3CC4C=C(c5ccccc5)CC4C3)cc2Cn2ncnc21. The van der Waals surface area contributed by atoms with Crippen LogP contribution >= 0.6 is 0 Å². The summed E-state index contributed by atoms with van der Waals surface area (Å²) < 4.78 is 1.54. The van der Waals surface area contributed by atoms with Gasteiger partial charge in [0.1, 0.15) is 12.1 Å². The smallest absolute Gasteiger partial charge is 0.294 e. The van der Waals surface area contributed by atoms with E-state index in [0.29, 0.717) is 24.2 Å². The van der Waals surface area contributed by atoms with E-state index in [9.17, 15) is 9.59 Å². The van der Waals surface area contributed by atoms with Gasteiger partial charge in [0.25, 0.3) is 5.91 Å². The molecule has 2 amide bonds. The first-order valence-electron chi connectivity index (χ1n) is 11.1.